The summed E-state index contributed by atoms with van der Waals surface area (Å²) >= 11 is 1.13. The average Bonchev–Trinajstić information content (AvgIpc) is 2.72. The predicted molar refractivity (Wildman–Crippen MR) is 117 cm³/mol. The molecule has 31 heavy (non-hydrogen) atoms. The first-order chi connectivity index (χ1) is 14.6. The van der Waals surface area contributed by atoms with E-state index in [4.69, 9.17) is 0 Å². The molecule has 0 unspecified atom stereocenters. The third kappa shape index (κ3) is 7.70. The van der Waals surface area contributed by atoms with E-state index < -0.39 is 11.9 Å². The summed E-state index contributed by atoms with van der Waals surface area (Å²) in [7, 11) is 3.86. The maximum atomic E-state index is 13.3. The molecule has 0 bridgehead atoms. The van der Waals surface area contributed by atoms with Crippen LogP contribution in [0.2, 0.25) is 0 Å². The molecule has 0 saturated carbocycles. The van der Waals surface area contributed by atoms with Gasteiger partial charge >= 0.3 is 6.18 Å². The number of hydrogen-bond acceptors (Lipinski definition) is 6. The van der Waals surface area contributed by atoms with Crippen molar-refractivity contribution in [2.75, 3.05) is 45.2 Å². The van der Waals surface area contributed by atoms with Crippen molar-refractivity contribution in [2.45, 2.75) is 30.9 Å². The number of halogens is 3. The summed E-state index contributed by atoms with van der Waals surface area (Å²) in [5.41, 5.74) is 0.448. The minimum atomic E-state index is -4.54. The standard InChI is InChI=1S/C21H28F3N5OS/c1-5-29(6-2)18-13-17(21(22,23)24)26-20(27-18)31-14-15-7-9-16(10-8-15)19(30)25-11-12-28(3)4/h7-10,13H,5-6,11-12,14H2,1-4H3,(H,25,30). The van der Waals surface area contributed by atoms with Crippen LogP contribution in [0, 0.1) is 0 Å². The Labute approximate surface area is 185 Å². The van der Waals surface area contributed by atoms with Gasteiger partial charge in [-0.1, -0.05) is 23.9 Å². The van der Waals surface area contributed by atoms with Crippen molar-refractivity contribution < 1.29 is 18.0 Å². The first kappa shape index (κ1) is 24.9. The fourth-order valence-electron chi connectivity index (χ4n) is 2.73. The van der Waals surface area contributed by atoms with E-state index in [1.54, 1.807) is 29.2 Å². The van der Waals surface area contributed by atoms with E-state index in [1.165, 1.54) is 0 Å². The van der Waals surface area contributed by atoms with Gasteiger partial charge in [-0.05, 0) is 45.6 Å². The lowest BCUT2D eigenvalue weighted by molar-refractivity contribution is -0.141. The van der Waals surface area contributed by atoms with Gasteiger partial charge in [-0.15, -0.1) is 0 Å². The van der Waals surface area contributed by atoms with Gasteiger partial charge in [0.1, 0.15) is 5.82 Å². The van der Waals surface area contributed by atoms with Crippen LogP contribution >= 0.6 is 11.8 Å². The average molecular weight is 456 g/mol. The highest BCUT2D eigenvalue weighted by Gasteiger charge is 2.34. The number of hydrogen-bond donors (Lipinski definition) is 1. The Morgan fingerprint density at radius 1 is 1.10 bits per heavy atom. The maximum Gasteiger partial charge on any atom is 0.433 e. The number of likely N-dealkylation sites (N-methyl/N-ethyl adjacent to an activating group) is 1. The van der Waals surface area contributed by atoms with Gasteiger partial charge in [0.2, 0.25) is 0 Å². The number of nitrogens with zero attached hydrogens (tertiary/aromatic N) is 4. The minimum absolute atomic E-state index is 0.0715. The van der Waals surface area contributed by atoms with Crippen LogP contribution in [-0.4, -0.2) is 61.0 Å². The number of rotatable bonds is 10. The molecule has 0 atom stereocenters. The van der Waals surface area contributed by atoms with E-state index >= 15 is 0 Å². The first-order valence-electron chi connectivity index (χ1n) is 10.00. The van der Waals surface area contributed by atoms with Crippen molar-refractivity contribution in [3.8, 4) is 0 Å². The van der Waals surface area contributed by atoms with E-state index in [-0.39, 0.29) is 16.9 Å². The number of nitrogens with one attached hydrogen (secondary N) is 1. The molecule has 10 heteroatoms. The second-order valence-corrected chi connectivity index (χ2v) is 8.05. The number of carbonyl (C=O) groups excluding carboxylic acids is 1. The molecule has 0 aliphatic rings. The molecule has 1 aromatic heterocycles. The summed E-state index contributed by atoms with van der Waals surface area (Å²) in [5, 5.41) is 2.91. The van der Waals surface area contributed by atoms with Gasteiger partial charge in [-0.3, -0.25) is 4.79 Å². The summed E-state index contributed by atoms with van der Waals surface area (Å²) in [6, 6.07) is 7.96. The number of aromatic nitrogens is 2. The number of anilines is 1. The zero-order valence-corrected chi connectivity index (χ0v) is 19.0. The smallest absolute Gasteiger partial charge is 0.357 e. The number of benzene rings is 1. The molecule has 0 aliphatic carbocycles. The van der Waals surface area contributed by atoms with E-state index in [9.17, 15) is 18.0 Å². The van der Waals surface area contributed by atoms with Gasteiger partial charge in [-0.2, -0.15) is 13.2 Å². The van der Waals surface area contributed by atoms with Crippen LogP contribution in [-0.2, 0) is 11.9 Å². The van der Waals surface area contributed by atoms with Crippen molar-refractivity contribution in [1.82, 2.24) is 20.2 Å². The molecule has 0 radical (unpaired) electrons. The zero-order chi connectivity index (χ0) is 23.0. The van der Waals surface area contributed by atoms with Crippen LogP contribution in [0.25, 0.3) is 0 Å². The Morgan fingerprint density at radius 2 is 1.74 bits per heavy atom. The van der Waals surface area contributed by atoms with Gasteiger partial charge in [0, 0.05) is 43.6 Å². The molecule has 1 amide bonds. The monoisotopic (exact) mass is 455 g/mol. The normalized spacial score (nSPS) is 11.6. The summed E-state index contributed by atoms with van der Waals surface area (Å²) < 4.78 is 39.8. The van der Waals surface area contributed by atoms with Crippen molar-refractivity contribution in [2.24, 2.45) is 0 Å². The quantitative estimate of drug-likeness (QED) is 0.433. The van der Waals surface area contributed by atoms with Gasteiger partial charge in [0.25, 0.3) is 5.91 Å². The Balaban J connectivity index is 2.08. The van der Waals surface area contributed by atoms with E-state index in [2.05, 4.69) is 15.3 Å². The van der Waals surface area contributed by atoms with E-state index in [0.29, 0.717) is 31.0 Å². The molecule has 0 saturated heterocycles. The van der Waals surface area contributed by atoms with Gasteiger partial charge in [0.15, 0.2) is 10.9 Å². The van der Waals surface area contributed by atoms with Crippen LogP contribution < -0.4 is 10.2 Å². The highest BCUT2D eigenvalue weighted by molar-refractivity contribution is 7.98. The minimum Gasteiger partial charge on any atom is -0.357 e. The van der Waals surface area contributed by atoms with E-state index in [1.807, 2.05) is 32.8 Å². The zero-order valence-electron chi connectivity index (χ0n) is 18.2. The molecule has 1 heterocycles. The lowest BCUT2D eigenvalue weighted by Crippen LogP contribution is -2.31. The highest BCUT2D eigenvalue weighted by Crippen LogP contribution is 2.32. The van der Waals surface area contributed by atoms with Crippen LogP contribution in [0.15, 0.2) is 35.5 Å². The van der Waals surface area contributed by atoms with Crippen LogP contribution in [0.1, 0.15) is 35.5 Å². The molecular weight excluding hydrogens is 427 g/mol. The van der Waals surface area contributed by atoms with Crippen LogP contribution in [0.4, 0.5) is 19.0 Å². The Morgan fingerprint density at radius 3 is 2.29 bits per heavy atom. The first-order valence-corrected chi connectivity index (χ1v) is 11.0. The van der Waals surface area contributed by atoms with Gasteiger partial charge in [0.05, 0.1) is 0 Å². The van der Waals surface area contributed by atoms with Crippen molar-refractivity contribution >= 4 is 23.5 Å². The predicted octanol–water partition coefficient (Wildman–Crippen LogP) is 3.93. The lowest BCUT2D eigenvalue weighted by atomic mass is 10.1. The third-order valence-electron chi connectivity index (χ3n) is 4.50. The maximum absolute atomic E-state index is 13.3. The Bertz CT molecular complexity index is 855. The third-order valence-corrected chi connectivity index (χ3v) is 5.42. The van der Waals surface area contributed by atoms with Crippen molar-refractivity contribution in [3.05, 3.63) is 47.2 Å². The van der Waals surface area contributed by atoms with Crippen LogP contribution in [0.3, 0.4) is 0 Å². The molecule has 1 N–H and O–H groups in total. The molecule has 0 aliphatic heterocycles. The molecule has 2 aromatic rings. The molecule has 0 fully saturated rings. The van der Waals surface area contributed by atoms with Crippen molar-refractivity contribution in [1.29, 1.82) is 0 Å². The molecular formula is C21H28F3N5OS. The fourth-order valence-corrected chi connectivity index (χ4v) is 3.54. The molecule has 2 rings (SSSR count). The molecule has 1 aromatic carbocycles. The van der Waals surface area contributed by atoms with E-state index in [0.717, 1.165) is 29.9 Å². The molecule has 6 nitrogen and oxygen atoms in total. The SMILES string of the molecule is CCN(CC)c1cc(C(F)(F)F)nc(SCc2ccc(C(=O)NCCN(C)C)cc2)n1. The number of carbonyl (C=O) groups is 1. The lowest BCUT2D eigenvalue weighted by Gasteiger charge is -2.21. The summed E-state index contributed by atoms with van der Waals surface area (Å²) in [6.45, 7) is 6.12. The van der Waals surface area contributed by atoms with Crippen LogP contribution in [0.5, 0.6) is 0 Å². The summed E-state index contributed by atoms with van der Waals surface area (Å²) in [4.78, 5) is 23.9. The number of alkyl halides is 3. The van der Waals surface area contributed by atoms with Gasteiger partial charge < -0.3 is 15.1 Å². The number of thioether (sulfide) groups is 1. The number of amides is 1. The summed E-state index contributed by atoms with van der Waals surface area (Å²) in [5.74, 6) is 0.493. The molecule has 170 valence electrons. The van der Waals surface area contributed by atoms with Gasteiger partial charge in [-0.25, -0.2) is 9.97 Å². The second kappa shape index (κ2) is 11.3. The molecule has 0 spiro atoms. The Kier molecular flexibility index (Phi) is 9.12. The fraction of sp³-hybridized carbons (Fsp3) is 0.476. The van der Waals surface area contributed by atoms with Crippen molar-refractivity contribution in [3.63, 3.8) is 0 Å². The largest absolute Gasteiger partial charge is 0.433 e. The highest BCUT2D eigenvalue weighted by atomic mass is 32.2. The summed E-state index contributed by atoms with van der Waals surface area (Å²) in [6.07, 6.45) is -4.54. The second-order valence-electron chi connectivity index (χ2n) is 7.11. The Hall–Kier alpha value is -2.33. The topological polar surface area (TPSA) is 61.4 Å².